The normalized spacial score (nSPS) is 17.0. The van der Waals surface area contributed by atoms with Crippen molar-refractivity contribution in [3.63, 3.8) is 0 Å². The van der Waals surface area contributed by atoms with E-state index in [1.165, 1.54) is 16.8 Å². The van der Waals surface area contributed by atoms with Crippen LogP contribution < -0.4 is 5.73 Å². The van der Waals surface area contributed by atoms with Crippen molar-refractivity contribution >= 4 is 11.8 Å². The van der Waals surface area contributed by atoms with Gasteiger partial charge < -0.3 is 15.7 Å². The van der Waals surface area contributed by atoms with Crippen LogP contribution in [-0.2, 0) is 19.7 Å². The van der Waals surface area contributed by atoms with Crippen LogP contribution in [0.5, 0.6) is 0 Å². The number of amides is 2. The van der Waals surface area contributed by atoms with Crippen LogP contribution in [0.25, 0.3) is 0 Å². The summed E-state index contributed by atoms with van der Waals surface area (Å²) in [6.07, 6.45) is 0. The third kappa shape index (κ3) is 2.65. The van der Waals surface area contributed by atoms with E-state index >= 15 is 0 Å². The Morgan fingerprint density at radius 2 is 2.08 bits per heavy atom. The number of carbonyl (C=O) groups excluding carboxylic acids is 2. The van der Waals surface area contributed by atoms with E-state index in [9.17, 15) is 19.1 Å². The molecular formula is C16H17FN4O3. The lowest BCUT2D eigenvalue weighted by molar-refractivity contribution is 0.0580. The van der Waals surface area contributed by atoms with Gasteiger partial charge in [0.05, 0.1) is 13.2 Å². The van der Waals surface area contributed by atoms with E-state index in [1.807, 2.05) is 6.92 Å². The maximum Gasteiger partial charge on any atom is 0.273 e. The predicted molar refractivity (Wildman–Crippen MR) is 82.4 cm³/mol. The van der Waals surface area contributed by atoms with Crippen molar-refractivity contribution < 1.29 is 19.1 Å². The van der Waals surface area contributed by atoms with Gasteiger partial charge in [-0.15, -0.1) is 0 Å². The molecule has 0 spiro atoms. The van der Waals surface area contributed by atoms with E-state index in [4.69, 9.17) is 5.73 Å². The maximum atomic E-state index is 13.0. The highest BCUT2D eigenvalue weighted by Crippen LogP contribution is 2.25. The number of rotatable bonds is 4. The molecule has 0 fully saturated rings. The first-order valence-electron chi connectivity index (χ1n) is 7.48. The number of benzene rings is 1. The number of hydrogen-bond acceptors (Lipinski definition) is 4. The molecule has 1 aromatic carbocycles. The minimum Gasteiger partial charge on any atom is -0.392 e. The molecule has 7 nitrogen and oxygen atoms in total. The molecule has 0 saturated carbocycles. The Kier molecular flexibility index (Phi) is 4.06. The lowest BCUT2D eigenvalue weighted by atomic mass is 10.1. The highest BCUT2D eigenvalue weighted by molar-refractivity contribution is 6.00. The fraction of sp³-hybridized carbons (Fsp3) is 0.312. The van der Waals surface area contributed by atoms with E-state index in [2.05, 4.69) is 5.10 Å². The molecule has 8 heteroatoms. The minimum atomic E-state index is -0.786. The Bertz CT molecular complexity index is 800. The first kappa shape index (κ1) is 16.1. The molecule has 2 aromatic rings. The molecule has 2 amide bonds. The summed E-state index contributed by atoms with van der Waals surface area (Å²) >= 11 is 0. The molecule has 1 atom stereocenters. The van der Waals surface area contributed by atoms with Crippen molar-refractivity contribution in [2.24, 2.45) is 5.73 Å². The number of primary amides is 1. The summed E-state index contributed by atoms with van der Waals surface area (Å²) in [4.78, 5) is 25.9. The molecule has 2 heterocycles. The Hall–Kier alpha value is -2.74. The average Bonchev–Trinajstić information content (AvgIpc) is 2.92. The van der Waals surface area contributed by atoms with Crippen molar-refractivity contribution in [2.45, 2.75) is 32.7 Å². The van der Waals surface area contributed by atoms with Crippen molar-refractivity contribution in [2.75, 3.05) is 0 Å². The van der Waals surface area contributed by atoms with Gasteiger partial charge in [0.2, 0.25) is 0 Å². The number of carbonyl (C=O) groups is 2. The Morgan fingerprint density at radius 3 is 2.67 bits per heavy atom. The average molecular weight is 332 g/mol. The van der Waals surface area contributed by atoms with Gasteiger partial charge in [-0.25, -0.2) is 4.39 Å². The van der Waals surface area contributed by atoms with Gasteiger partial charge in [0.15, 0.2) is 5.69 Å². The zero-order chi connectivity index (χ0) is 17.4. The van der Waals surface area contributed by atoms with Crippen molar-refractivity contribution in [1.29, 1.82) is 0 Å². The van der Waals surface area contributed by atoms with Gasteiger partial charge in [-0.3, -0.25) is 14.3 Å². The molecule has 3 rings (SSSR count). The van der Waals surface area contributed by atoms with Gasteiger partial charge in [-0.05, 0) is 24.6 Å². The van der Waals surface area contributed by atoms with Crippen LogP contribution in [0.2, 0.25) is 0 Å². The zero-order valence-electron chi connectivity index (χ0n) is 13.1. The summed E-state index contributed by atoms with van der Waals surface area (Å²) in [5, 5.41) is 13.6. The number of halogens is 1. The maximum absolute atomic E-state index is 13.0. The molecule has 1 aromatic heterocycles. The monoisotopic (exact) mass is 332 g/mol. The summed E-state index contributed by atoms with van der Waals surface area (Å²) in [5.74, 6) is -1.47. The van der Waals surface area contributed by atoms with Crippen LogP contribution in [0.1, 0.15) is 39.0 Å². The molecule has 1 aliphatic heterocycles. The zero-order valence-corrected chi connectivity index (χ0v) is 13.1. The molecule has 1 aliphatic rings. The third-order valence-electron chi connectivity index (χ3n) is 4.14. The molecule has 3 N–H and O–H groups in total. The van der Waals surface area contributed by atoms with Crippen LogP contribution in [0.15, 0.2) is 24.3 Å². The Morgan fingerprint density at radius 1 is 1.42 bits per heavy atom. The van der Waals surface area contributed by atoms with E-state index in [0.717, 1.165) is 5.56 Å². The quantitative estimate of drug-likeness (QED) is 0.858. The van der Waals surface area contributed by atoms with Crippen LogP contribution in [-0.4, -0.2) is 37.6 Å². The van der Waals surface area contributed by atoms with Crippen molar-refractivity contribution in [1.82, 2.24) is 14.7 Å². The summed E-state index contributed by atoms with van der Waals surface area (Å²) in [6, 6.07) is 5.72. The molecule has 0 bridgehead atoms. The first-order chi connectivity index (χ1) is 11.4. The molecule has 0 radical (unpaired) electrons. The van der Waals surface area contributed by atoms with Crippen molar-refractivity contribution in [3.8, 4) is 0 Å². The van der Waals surface area contributed by atoms with E-state index in [0.29, 0.717) is 13.1 Å². The topological polar surface area (TPSA) is 101 Å². The molecule has 126 valence electrons. The number of aromatic nitrogens is 2. The van der Waals surface area contributed by atoms with Crippen LogP contribution in [0.3, 0.4) is 0 Å². The number of hydrogen-bond donors (Lipinski definition) is 2. The second-order valence-electron chi connectivity index (χ2n) is 5.79. The molecule has 24 heavy (non-hydrogen) atoms. The van der Waals surface area contributed by atoms with Crippen LogP contribution in [0.4, 0.5) is 4.39 Å². The first-order valence-corrected chi connectivity index (χ1v) is 7.48. The smallest absolute Gasteiger partial charge is 0.273 e. The fourth-order valence-electron chi connectivity index (χ4n) is 2.92. The standard InChI is InChI=1S/C16H17FN4O3/c1-9-6-21-14(12(8-22)13(19-21)15(18)23)16(24)20(9)7-10-2-4-11(17)5-3-10/h2-5,9,22H,6-8H2,1H3,(H2,18,23). The molecule has 0 saturated heterocycles. The SMILES string of the molecule is CC1Cn2nc(C(N)=O)c(CO)c2C(=O)N1Cc1ccc(F)cc1. The summed E-state index contributed by atoms with van der Waals surface area (Å²) < 4.78 is 14.4. The minimum absolute atomic E-state index is 0.0864. The lowest BCUT2D eigenvalue weighted by Gasteiger charge is -2.34. The second-order valence-corrected chi connectivity index (χ2v) is 5.79. The number of aliphatic hydroxyl groups is 1. The molecular weight excluding hydrogens is 315 g/mol. The number of aliphatic hydroxyl groups excluding tert-OH is 1. The Labute approximate surface area is 137 Å². The van der Waals surface area contributed by atoms with E-state index in [1.54, 1.807) is 17.0 Å². The third-order valence-corrected chi connectivity index (χ3v) is 4.14. The largest absolute Gasteiger partial charge is 0.392 e. The highest BCUT2D eigenvalue weighted by Gasteiger charge is 2.35. The predicted octanol–water partition coefficient (Wildman–Crippen LogP) is 0.658. The van der Waals surface area contributed by atoms with Crippen molar-refractivity contribution in [3.05, 3.63) is 52.6 Å². The van der Waals surface area contributed by atoms with E-state index in [-0.39, 0.29) is 34.7 Å². The summed E-state index contributed by atoms with van der Waals surface area (Å²) in [7, 11) is 0. The van der Waals surface area contributed by atoms with Gasteiger partial charge >= 0.3 is 0 Å². The van der Waals surface area contributed by atoms with E-state index < -0.39 is 12.5 Å². The van der Waals surface area contributed by atoms with Gasteiger partial charge in [0, 0.05) is 18.2 Å². The summed E-state index contributed by atoms with van der Waals surface area (Å²) in [5.41, 5.74) is 6.28. The highest BCUT2D eigenvalue weighted by atomic mass is 19.1. The van der Waals surface area contributed by atoms with Gasteiger partial charge in [0.25, 0.3) is 11.8 Å². The number of fused-ring (bicyclic) bond motifs is 1. The lowest BCUT2D eigenvalue weighted by Crippen LogP contribution is -2.46. The van der Waals surface area contributed by atoms with Gasteiger partial charge in [-0.2, -0.15) is 5.10 Å². The van der Waals surface area contributed by atoms with Gasteiger partial charge in [0.1, 0.15) is 11.5 Å². The van der Waals surface area contributed by atoms with Crippen LogP contribution >= 0.6 is 0 Å². The molecule has 0 aliphatic carbocycles. The Balaban J connectivity index is 1.97. The molecule has 1 unspecified atom stereocenters. The van der Waals surface area contributed by atoms with Gasteiger partial charge in [-0.1, -0.05) is 12.1 Å². The fourth-order valence-corrected chi connectivity index (χ4v) is 2.92. The number of nitrogens with two attached hydrogens (primary N) is 1. The van der Waals surface area contributed by atoms with Crippen LogP contribution in [0, 0.1) is 5.82 Å². The summed E-state index contributed by atoms with van der Waals surface area (Å²) in [6.45, 7) is 2.03. The second kappa shape index (κ2) is 6.04. The number of nitrogens with zero attached hydrogens (tertiary/aromatic N) is 3.